The van der Waals surface area contributed by atoms with Crippen LogP contribution in [0.5, 0.6) is 0 Å². The predicted octanol–water partition coefficient (Wildman–Crippen LogP) is 29.9. The van der Waals surface area contributed by atoms with Crippen LogP contribution in [-0.2, 0) is 65.4 Å². The van der Waals surface area contributed by atoms with E-state index in [4.69, 9.17) is 37.0 Å². The van der Waals surface area contributed by atoms with Crippen LogP contribution in [-0.4, -0.2) is 96.7 Å². The maximum Gasteiger partial charge on any atom is 0.472 e. The fraction of sp³-hybridized carbons (Fsp3) is 0.958. The number of carbonyl (C=O) groups is 4. The summed E-state index contributed by atoms with van der Waals surface area (Å²) in [4.78, 5) is 73.5. The Morgan fingerprint density at radius 1 is 0.237 bits per heavy atom. The molecule has 5 atom stereocenters. The number of aliphatic hydroxyl groups is 1. The van der Waals surface area contributed by atoms with Crippen molar-refractivity contribution >= 4 is 39.5 Å². The lowest BCUT2D eigenvalue weighted by molar-refractivity contribution is -0.161. The molecule has 3 N–H and O–H groups in total. The maximum absolute atomic E-state index is 13.2. The monoisotopic (exact) mass is 1660 g/mol. The van der Waals surface area contributed by atoms with E-state index in [0.29, 0.717) is 25.7 Å². The van der Waals surface area contributed by atoms with Gasteiger partial charge in [-0.1, -0.05) is 471 Å². The summed E-state index contributed by atoms with van der Waals surface area (Å²) in [7, 11) is -9.94. The SMILES string of the molecule is CCCCCCCCCCCCCCCCCCCCCCCC(=O)OC[C@H](COP(=O)(O)OC[C@@H](O)COP(=O)(O)OC[C@@H](COC(=O)CCCCCCCCCCCCC)OC(=O)CCCCCCCCCCCCCCCCCCCCCCC)OC(=O)CCCCCCCCCCCCCCCCCCCCC(C)C. The fourth-order valence-electron chi connectivity index (χ4n) is 15.1. The molecule has 2 unspecified atom stereocenters. The lowest BCUT2D eigenvalue weighted by Gasteiger charge is -2.21. The number of ether oxygens (including phenoxy) is 4. The van der Waals surface area contributed by atoms with E-state index in [0.717, 1.165) is 95.8 Å². The summed E-state index contributed by atoms with van der Waals surface area (Å²) in [5.74, 6) is -1.27. The van der Waals surface area contributed by atoms with Crippen LogP contribution in [0.4, 0.5) is 0 Å². The van der Waals surface area contributed by atoms with E-state index in [1.165, 1.54) is 347 Å². The van der Waals surface area contributed by atoms with Crippen molar-refractivity contribution in [2.45, 2.75) is 541 Å². The van der Waals surface area contributed by atoms with Crippen molar-refractivity contribution < 1.29 is 80.2 Å². The normalized spacial score (nSPS) is 13.6. The van der Waals surface area contributed by atoms with Gasteiger partial charge in [-0.3, -0.25) is 37.3 Å². The van der Waals surface area contributed by atoms with Gasteiger partial charge in [-0.15, -0.1) is 0 Å². The van der Waals surface area contributed by atoms with Gasteiger partial charge < -0.3 is 33.8 Å². The number of aliphatic hydroxyl groups excluding tert-OH is 1. The number of unbranched alkanes of at least 4 members (excludes halogenated alkanes) is 67. The third-order valence-corrected chi connectivity index (χ3v) is 24.4. The Labute approximate surface area is 702 Å². The molecule has 0 spiro atoms. The molecular weight excluding hydrogens is 1470 g/mol. The Morgan fingerprint density at radius 2 is 0.404 bits per heavy atom. The largest absolute Gasteiger partial charge is 0.472 e. The molecule has 0 aliphatic heterocycles. The van der Waals surface area contributed by atoms with Gasteiger partial charge in [0.25, 0.3) is 0 Å². The molecule has 678 valence electrons. The van der Waals surface area contributed by atoms with Gasteiger partial charge >= 0.3 is 39.5 Å². The van der Waals surface area contributed by atoms with Crippen LogP contribution >= 0.6 is 15.6 Å². The fourth-order valence-corrected chi connectivity index (χ4v) is 16.6. The topological polar surface area (TPSA) is 237 Å². The predicted molar refractivity (Wildman–Crippen MR) is 474 cm³/mol. The average Bonchev–Trinajstić information content (AvgIpc) is 0.900. The highest BCUT2D eigenvalue weighted by Crippen LogP contribution is 2.45. The number of esters is 4. The Balaban J connectivity index is 5.21. The smallest absolute Gasteiger partial charge is 0.462 e. The second-order valence-corrected chi connectivity index (χ2v) is 37.5. The summed E-state index contributed by atoms with van der Waals surface area (Å²) < 4.78 is 69.2. The molecule has 0 aromatic heterocycles. The molecule has 0 aliphatic carbocycles. The van der Waals surface area contributed by atoms with Crippen molar-refractivity contribution in [1.29, 1.82) is 0 Å². The summed E-state index contributed by atoms with van der Waals surface area (Å²) >= 11 is 0. The van der Waals surface area contributed by atoms with Gasteiger partial charge in [-0.05, 0) is 31.6 Å². The minimum absolute atomic E-state index is 0.110. The van der Waals surface area contributed by atoms with Crippen molar-refractivity contribution in [2.24, 2.45) is 5.92 Å². The van der Waals surface area contributed by atoms with Gasteiger partial charge in [0.15, 0.2) is 12.2 Å². The van der Waals surface area contributed by atoms with Crippen LogP contribution in [0.25, 0.3) is 0 Å². The van der Waals surface area contributed by atoms with Crippen molar-refractivity contribution in [3.05, 3.63) is 0 Å². The van der Waals surface area contributed by atoms with Crippen LogP contribution in [0.15, 0.2) is 0 Å². The number of phosphoric ester groups is 2. The third kappa shape index (κ3) is 87.9. The zero-order chi connectivity index (χ0) is 83.3. The van der Waals surface area contributed by atoms with E-state index in [-0.39, 0.29) is 25.7 Å². The quantitative estimate of drug-likeness (QED) is 0.0222. The molecule has 19 heteroatoms. The number of carbonyl (C=O) groups excluding carboxylic acids is 4. The standard InChI is InChI=1S/C95H186O17P2/c1-6-9-12-15-18-21-24-26-28-30-32-34-36-41-45-49-54-59-64-69-74-79-93(98)106-85-91(112-95(100)81-76-71-66-61-56-51-47-43-39-38-40-44-48-53-57-62-67-72-77-88(4)5)87-110-114(103,104)108-83-89(96)82-107-113(101,102)109-86-90(84-105-92(97)78-73-68-63-58-52-23-20-17-14-11-8-3)111-94(99)80-75-70-65-60-55-50-46-42-37-35-33-31-29-27-25-22-19-16-13-10-7-2/h88-91,96H,6-87H2,1-5H3,(H,101,102)(H,103,104)/t89-,90+,91+/m0/s1. The number of phosphoric acid groups is 2. The molecule has 0 aromatic rings. The first kappa shape index (κ1) is 112. The van der Waals surface area contributed by atoms with Gasteiger partial charge in [0.1, 0.15) is 19.3 Å². The van der Waals surface area contributed by atoms with E-state index in [2.05, 4.69) is 34.6 Å². The Hall–Kier alpha value is -1.94. The number of rotatable bonds is 95. The van der Waals surface area contributed by atoms with Crippen molar-refractivity contribution in [3.63, 3.8) is 0 Å². The minimum atomic E-state index is -4.97. The van der Waals surface area contributed by atoms with Crippen molar-refractivity contribution in [2.75, 3.05) is 39.6 Å². The summed E-state index contributed by atoms with van der Waals surface area (Å²) in [6.07, 6.45) is 85.0. The highest BCUT2D eigenvalue weighted by atomic mass is 31.2. The van der Waals surface area contributed by atoms with Crippen LogP contribution in [0.2, 0.25) is 0 Å². The zero-order valence-corrected chi connectivity index (χ0v) is 77.0. The summed E-state index contributed by atoms with van der Waals surface area (Å²) in [6.45, 7) is 7.45. The van der Waals surface area contributed by atoms with E-state index < -0.39 is 97.5 Å². The van der Waals surface area contributed by atoms with E-state index in [1.54, 1.807) is 0 Å². The molecule has 0 saturated carbocycles. The summed E-state index contributed by atoms with van der Waals surface area (Å²) in [5, 5.41) is 10.7. The van der Waals surface area contributed by atoms with Crippen LogP contribution in [0.1, 0.15) is 523 Å². The minimum Gasteiger partial charge on any atom is -0.462 e. The first-order valence-corrected chi connectivity index (χ1v) is 52.1. The number of hydrogen-bond acceptors (Lipinski definition) is 15. The first-order chi connectivity index (χ1) is 55.5. The van der Waals surface area contributed by atoms with E-state index in [1.807, 2.05) is 0 Å². The molecule has 0 saturated heterocycles. The second kappa shape index (κ2) is 87.4. The van der Waals surface area contributed by atoms with Gasteiger partial charge in [-0.25, -0.2) is 9.13 Å². The molecular formula is C95H186O17P2. The summed E-state index contributed by atoms with van der Waals surface area (Å²) in [6, 6.07) is 0. The maximum atomic E-state index is 13.2. The Bertz CT molecular complexity index is 2150. The Morgan fingerprint density at radius 3 is 0.596 bits per heavy atom. The molecule has 0 radical (unpaired) electrons. The third-order valence-electron chi connectivity index (χ3n) is 22.5. The molecule has 0 rings (SSSR count). The van der Waals surface area contributed by atoms with Crippen LogP contribution in [0.3, 0.4) is 0 Å². The molecule has 0 bridgehead atoms. The lowest BCUT2D eigenvalue weighted by Crippen LogP contribution is -2.30. The zero-order valence-electron chi connectivity index (χ0n) is 75.2. The molecule has 0 heterocycles. The molecule has 17 nitrogen and oxygen atoms in total. The lowest BCUT2D eigenvalue weighted by atomic mass is 10.0. The highest BCUT2D eigenvalue weighted by molar-refractivity contribution is 7.47. The molecule has 0 aliphatic rings. The number of hydrogen-bond donors (Lipinski definition) is 3. The first-order valence-electron chi connectivity index (χ1n) is 49.1. The van der Waals surface area contributed by atoms with Crippen LogP contribution < -0.4 is 0 Å². The molecule has 114 heavy (non-hydrogen) atoms. The van der Waals surface area contributed by atoms with Crippen molar-refractivity contribution in [1.82, 2.24) is 0 Å². The van der Waals surface area contributed by atoms with Gasteiger partial charge in [0.05, 0.1) is 26.4 Å². The van der Waals surface area contributed by atoms with E-state index in [9.17, 15) is 43.2 Å². The molecule has 0 aromatic carbocycles. The van der Waals surface area contributed by atoms with Gasteiger partial charge in [0.2, 0.25) is 0 Å². The van der Waals surface area contributed by atoms with Gasteiger partial charge in [0, 0.05) is 25.7 Å². The highest BCUT2D eigenvalue weighted by Gasteiger charge is 2.31. The van der Waals surface area contributed by atoms with Gasteiger partial charge in [-0.2, -0.15) is 0 Å². The second-order valence-electron chi connectivity index (χ2n) is 34.6. The Kier molecular flexibility index (Phi) is 85.9. The van der Waals surface area contributed by atoms with E-state index >= 15 is 0 Å². The molecule has 0 fully saturated rings. The molecule has 0 amide bonds. The van der Waals surface area contributed by atoms with Crippen molar-refractivity contribution in [3.8, 4) is 0 Å². The average molecular weight is 1660 g/mol. The van der Waals surface area contributed by atoms with Crippen LogP contribution in [0, 0.1) is 5.92 Å². The summed E-state index contributed by atoms with van der Waals surface area (Å²) in [5.41, 5.74) is 0.